The number of benzene rings is 1. The molecule has 15 heavy (non-hydrogen) atoms. The number of phenolic OH excluding ortho intramolecular Hbond substituents is 1. The van der Waals surface area contributed by atoms with Gasteiger partial charge in [-0.1, -0.05) is 13.8 Å². The molecule has 1 heterocycles. The topological polar surface area (TPSA) is 48.9 Å². The number of hydrogen-bond donors (Lipinski definition) is 2. The maximum absolute atomic E-state index is 9.35. The molecule has 0 amide bonds. The molecule has 1 atom stereocenters. The van der Waals surface area contributed by atoms with Crippen molar-refractivity contribution < 1.29 is 5.11 Å². The van der Waals surface area contributed by atoms with Gasteiger partial charge in [-0.25, -0.2) is 4.98 Å². The Morgan fingerprint density at radius 1 is 1.47 bits per heavy atom. The zero-order chi connectivity index (χ0) is 10.6. The fraction of sp³-hybridized carbons (Fsp3) is 0.417. The summed E-state index contributed by atoms with van der Waals surface area (Å²) in [6, 6.07) is 5.24. The molecule has 1 fully saturated rings. The lowest BCUT2D eigenvalue weighted by molar-refractivity contribution is 0.476. The van der Waals surface area contributed by atoms with Gasteiger partial charge in [-0.15, -0.1) is 0 Å². The van der Waals surface area contributed by atoms with Crippen LogP contribution < -0.4 is 0 Å². The van der Waals surface area contributed by atoms with E-state index in [1.165, 1.54) is 6.42 Å². The summed E-state index contributed by atoms with van der Waals surface area (Å²) in [5.41, 5.74) is 2.24. The van der Waals surface area contributed by atoms with E-state index in [0.717, 1.165) is 16.9 Å². The van der Waals surface area contributed by atoms with Crippen LogP contribution in [0.25, 0.3) is 11.0 Å². The Balaban J connectivity index is 2.08. The summed E-state index contributed by atoms with van der Waals surface area (Å²) in [6.45, 7) is 4.50. The quantitative estimate of drug-likeness (QED) is 0.747. The zero-order valence-corrected chi connectivity index (χ0v) is 8.91. The van der Waals surface area contributed by atoms with Crippen LogP contribution >= 0.6 is 0 Å². The van der Waals surface area contributed by atoms with E-state index in [1.54, 1.807) is 12.1 Å². The molecule has 78 valence electrons. The smallest absolute Gasteiger partial charge is 0.117 e. The molecule has 1 saturated carbocycles. The first kappa shape index (κ1) is 8.77. The normalized spacial score (nSPS) is 23.2. The highest BCUT2D eigenvalue weighted by molar-refractivity contribution is 5.76. The van der Waals surface area contributed by atoms with Crippen molar-refractivity contribution in [2.75, 3.05) is 0 Å². The predicted molar refractivity (Wildman–Crippen MR) is 58.9 cm³/mol. The standard InChI is InChI=1S/C12H14N2O/c1-12(2)6-8(12)11-13-9-4-3-7(15)5-10(9)14-11/h3-5,8,15H,6H2,1-2H3,(H,13,14). The summed E-state index contributed by atoms with van der Waals surface area (Å²) in [4.78, 5) is 7.83. The summed E-state index contributed by atoms with van der Waals surface area (Å²) in [6.07, 6.45) is 1.19. The van der Waals surface area contributed by atoms with Crippen LogP contribution in [0.2, 0.25) is 0 Å². The van der Waals surface area contributed by atoms with Crippen LogP contribution in [0.3, 0.4) is 0 Å². The fourth-order valence-electron chi connectivity index (χ4n) is 2.12. The molecule has 3 rings (SSSR count). The van der Waals surface area contributed by atoms with Crippen molar-refractivity contribution in [3.05, 3.63) is 24.0 Å². The minimum Gasteiger partial charge on any atom is -0.508 e. The lowest BCUT2D eigenvalue weighted by atomic mass is 10.1. The van der Waals surface area contributed by atoms with Gasteiger partial charge in [0.25, 0.3) is 0 Å². The number of imidazole rings is 1. The molecular formula is C12H14N2O. The number of aromatic amines is 1. The first-order valence-electron chi connectivity index (χ1n) is 5.25. The molecule has 1 aliphatic carbocycles. The molecule has 1 unspecified atom stereocenters. The van der Waals surface area contributed by atoms with Crippen LogP contribution in [0.5, 0.6) is 5.75 Å². The predicted octanol–water partition coefficient (Wildman–Crippen LogP) is 2.78. The lowest BCUT2D eigenvalue weighted by Gasteiger charge is -1.97. The van der Waals surface area contributed by atoms with Gasteiger partial charge in [0.2, 0.25) is 0 Å². The minimum atomic E-state index is 0.285. The van der Waals surface area contributed by atoms with E-state index in [4.69, 9.17) is 0 Å². The van der Waals surface area contributed by atoms with Crippen molar-refractivity contribution in [2.45, 2.75) is 26.2 Å². The average molecular weight is 202 g/mol. The number of phenols is 1. The summed E-state index contributed by atoms with van der Waals surface area (Å²) in [5, 5.41) is 9.35. The molecule has 0 aliphatic heterocycles. The van der Waals surface area contributed by atoms with Crippen LogP contribution in [0.15, 0.2) is 18.2 Å². The maximum Gasteiger partial charge on any atom is 0.117 e. The molecule has 0 radical (unpaired) electrons. The van der Waals surface area contributed by atoms with Crippen molar-refractivity contribution in [3.63, 3.8) is 0 Å². The highest BCUT2D eigenvalue weighted by Gasteiger charge is 2.48. The van der Waals surface area contributed by atoms with Gasteiger partial charge in [0.1, 0.15) is 11.6 Å². The van der Waals surface area contributed by atoms with Crippen LogP contribution in [0.1, 0.15) is 32.0 Å². The Morgan fingerprint density at radius 3 is 2.87 bits per heavy atom. The van der Waals surface area contributed by atoms with Gasteiger partial charge < -0.3 is 10.1 Å². The van der Waals surface area contributed by atoms with Gasteiger partial charge >= 0.3 is 0 Å². The minimum absolute atomic E-state index is 0.285. The van der Waals surface area contributed by atoms with Crippen LogP contribution in [-0.4, -0.2) is 15.1 Å². The van der Waals surface area contributed by atoms with E-state index in [0.29, 0.717) is 11.3 Å². The van der Waals surface area contributed by atoms with Gasteiger partial charge in [-0.2, -0.15) is 0 Å². The second-order valence-electron chi connectivity index (χ2n) is 5.07. The average Bonchev–Trinajstić information content (AvgIpc) is 2.63. The number of aromatic nitrogens is 2. The molecule has 1 aromatic carbocycles. The molecule has 0 bridgehead atoms. The van der Waals surface area contributed by atoms with Crippen molar-refractivity contribution in [3.8, 4) is 5.75 Å². The van der Waals surface area contributed by atoms with Crippen molar-refractivity contribution in [1.82, 2.24) is 9.97 Å². The Labute approximate surface area is 88.2 Å². The summed E-state index contributed by atoms with van der Waals surface area (Å²) >= 11 is 0. The summed E-state index contributed by atoms with van der Waals surface area (Å²) < 4.78 is 0. The molecule has 2 aromatic rings. The molecule has 1 aromatic heterocycles. The Bertz CT molecular complexity index is 527. The third kappa shape index (κ3) is 1.30. The third-order valence-corrected chi connectivity index (χ3v) is 3.33. The summed E-state index contributed by atoms with van der Waals surface area (Å²) in [7, 11) is 0. The Morgan fingerprint density at radius 2 is 2.20 bits per heavy atom. The number of H-pyrrole nitrogens is 1. The Hall–Kier alpha value is -1.51. The van der Waals surface area contributed by atoms with Crippen molar-refractivity contribution in [2.24, 2.45) is 5.41 Å². The third-order valence-electron chi connectivity index (χ3n) is 3.33. The molecule has 2 N–H and O–H groups in total. The van der Waals surface area contributed by atoms with Gasteiger partial charge in [-0.3, -0.25) is 0 Å². The van der Waals surface area contributed by atoms with Crippen LogP contribution in [0.4, 0.5) is 0 Å². The highest BCUT2D eigenvalue weighted by atomic mass is 16.3. The van der Waals surface area contributed by atoms with Gasteiger partial charge in [0.15, 0.2) is 0 Å². The fourth-order valence-corrected chi connectivity index (χ4v) is 2.12. The Kier molecular flexibility index (Phi) is 1.48. The molecule has 0 saturated heterocycles. The lowest BCUT2D eigenvalue weighted by Crippen LogP contribution is -1.91. The molecule has 3 heteroatoms. The molecular weight excluding hydrogens is 188 g/mol. The van der Waals surface area contributed by atoms with Crippen LogP contribution in [-0.2, 0) is 0 Å². The number of nitrogens with one attached hydrogen (secondary N) is 1. The zero-order valence-electron chi connectivity index (χ0n) is 8.91. The number of fused-ring (bicyclic) bond motifs is 1. The second-order valence-corrected chi connectivity index (χ2v) is 5.07. The van der Waals surface area contributed by atoms with E-state index in [9.17, 15) is 5.11 Å². The van der Waals surface area contributed by atoms with Crippen molar-refractivity contribution in [1.29, 1.82) is 0 Å². The van der Waals surface area contributed by atoms with Crippen LogP contribution in [0, 0.1) is 5.41 Å². The molecule has 3 nitrogen and oxygen atoms in total. The SMILES string of the molecule is CC1(C)CC1c1nc2ccc(O)cc2[nH]1. The van der Waals surface area contributed by atoms with E-state index < -0.39 is 0 Å². The van der Waals surface area contributed by atoms with Crippen molar-refractivity contribution >= 4 is 11.0 Å². The number of hydrogen-bond acceptors (Lipinski definition) is 2. The monoisotopic (exact) mass is 202 g/mol. The number of rotatable bonds is 1. The van der Waals surface area contributed by atoms with E-state index in [-0.39, 0.29) is 5.75 Å². The number of nitrogens with zero attached hydrogens (tertiary/aromatic N) is 1. The van der Waals surface area contributed by atoms with E-state index in [2.05, 4.69) is 23.8 Å². The largest absolute Gasteiger partial charge is 0.508 e. The van der Waals surface area contributed by atoms with E-state index >= 15 is 0 Å². The number of aromatic hydroxyl groups is 1. The maximum atomic E-state index is 9.35. The first-order valence-corrected chi connectivity index (χ1v) is 5.25. The van der Waals surface area contributed by atoms with Gasteiger partial charge in [0, 0.05) is 12.0 Å². The summed E-state index contributed by atoms with van der Waals surface area (Å²) in [5.74, 6) is 1.89. The second kappa shape index (κ2) is 2.54. The first-order chi connectivity index (χ1) is 7.06. The molecule has 1 aliphatic rings. The van der Waals surface area contributed by atoms with E-state index in [1.807, 2.05) is 6.07 Å². The molecule has 0 spiro atoms. The van der Waals surface area contributed by atoms with Gasteiger partial charge in [-0.05, 0) is 24.0 Å². The highest BCUT2D eigenvalue weighted by Crippen LogP contribution is 2.57. The van der Waals surface area contributed by atoms with Gasteiger partial charge in [0.05, 0.1) is 11.0 Å².